The summed E-state index contributed by atoms with van der Waals surface area (Å²) >= 11 is 0. The van der Waals surface area contributed by atoms with E-state index in [9.17, 15) is 4.79 Å². The molecule has 0 radical (unpaired) electrons. The van der Waals surface area contributed by atoms with Crippen LogP contribution in [0.5, 0.6) is 0 Å². The van der Waals surface area contributed by atoms with Crippen molar-refractivity contribution in [2.24, 2.45) is 5.92 Å². The Hall–Kier alpha value is -1.31. The summed E-state index contributed by atoms with van der Waals surface area (Å²) < 4.78 is 0. The smallest absolute Gasteiger partial charge is 0.303 e. The summed E-state index contributed by atoms with van der Waals surface area (Å²) in [5, 5.41) is 8.94. The summed E-state index contributed by atoms with van der Waals surface area (Å²) in [5.41, 5.74) is 2.43. The van der Waals surface area contributed by atoms with E-state index in [-0.39, 0.29) is 12.3 Å². The van der Waals surface area contributed by atoms with Crippen LogP contribution in [0.2, 0.25) is 0 Å². The number of aliphatic carboxylic acids is 1. The van der Waals surface area contributed by atoms with Crippen molar-refractivity contribution in [3.05, 3.63) is 35.4 Å². The molecular formula is C15H22O2. The summed E-state index contributed by atoms with van der Waals surface area (Å²) in [6.45, 7) is 8.46. The Morgan fingerprint density at radius 1 is 1.06 bits per heavy atom. The lowest BCUT2D eigenvalue weighted by Gasteiger charge is -2.20. The number of rotatable bonds is 5. The molecule has 17 heavy (non-hydrogen) atoms. The molecular weight excluding hydrogens is 212 g/mol. The van der Waals surface area contributed by atoms with E-state index in [0.717, 1.165) is 5.56 Å². The molecule has 1 aromatic rings. The van der Waals surface area contributed by atoms with E-state index in [2.05, 4.69) is 52.0 Å². The first-order chi connectivity index (χ1) is 7.91. The van der Waals surface area contributed by atoms with Crippen LogP contribution in [0.4, 0.5) is 0 Å². The molecule has 1 unspecified atom stereocenters. The predicted octanol–water partition coefficient (Wildman–Crippen LogP) is 4.02. The van der Waals surface area contributed by atoms with Crippen LogP contribution in [0.3, 0.4) is 0 Å². The maximum Gasteiger partial charge on any atom is 0.303 e. The Morgan fingerprint density at radius 3 is 1.88 bits per heavy atom. The molecule has 0 amide bonds. The molecule has 0 aromatic heterocycles. The Bertz CT molecular complexity index is 363. The molecule has 2 nitrogen and oxygen atoms in total. The first-order valence-corrected chi connectivity index (χ1v) is 6.23. The highest BCUT2D eigenvalue weighted by atomic mass is 16.4. The molecule has 0 heterocycles. The van der Waals surface area contributed by atoms with Gasteiger partial charge in [0.25, 0.3) is 0 Å². The minimum atomic E-state index is -0.725. The van der Waals surface area contributed by atoms with Crippen molar-refractivity contribution in [3.8, 4) is 0 Å². The van der Waals surface area contributed by atoms with Crippen LogP contribution >= 0.6 is 0 Å². The van der Waals surface area contributed by atoms with Crippen LogP contribution in [-0.4, -0.2) is 11.1 Å². The van der Waals surface area contributed by atoms with Crippen molar-refractivity contribution >= 4 is 5.97 Å². The van der Waals surface area contributed by atoms with Gasteiger partial charge in [-0.15, -0.1) is 0 Å². The van der Waals surface area contributed by atoms with E-state index in [0.29, 0.717) is 11.8 Å². The van der Waals surface area contributed by atoms with Crippen molar-refractivity contribution in [2.45, 2.75) is 46.0 Å². The number of hydrogen-bond acceptors (Lipinski definition) is 1. The third kappa shape index (κ3) is 3.88. The van der Waals surface area contributed by atoms with Crippen molar-refractivity contribution in [1.29, 1.82) is 0 Å². The first kappa shape index (κ1) is 13.8. The van der Waals surface area contributed by atoms with Crippen LogP contribution < -0.4 is 0 Å². The molecule has 0 saturated heterocycles. The average Bonchev–Trinajstić information content (AvgIpc) is 2.25. The molecule has 1 N–H and O–H groups in total. The zero-order valence-electron chi connectivity index (χ0n) is 11.1. The van der Waals surface area contributed by atoms with E-state index in [4.69, 9.17) is 5.11 Å². The topological polar surface area (TPSA) is 37.3 Å². The minimum Gasteiger partial charge on any atom is -0.481 e. The van der Waals surface area contributed by atoms with Gasteiger partial charge >= 0.3 is 5.97 Å². The number of carboxylic acids is 1. The van der Waals surface area contributed by atoms with Crippen molar-refractivity contribution in [2.75, 3.05) is 0 Å². The number of carboxylic acid groups (broad SMARTS) is 1. The molecule has 1 rings (SSSR count). The third-order valence-corrected chi connectivity index (χ3v) is 3.23. The van der Waals surface area contributed by atoms with Crippen molar-refractivity contribution in [3.63, 3.8) is 0 Å². The van der Waals surface area contributed by atoms with Gasteiger partial charge in [-0.05, 0) is 28.9 Å². The highest BCUT2D eigenvalue weighted by Gasteiger charge is 2.19. The van der Waals surface area contributed by atoms with E-state index in [1.165, 1.54) is 5.56 Å². The Balaban J connectivity index is 2.91. The minimum absolute atomic E-state index is 0.105. The molecule has 0 aliphatic heterocycles. The standard InChI is InChI=1S/C15H22O2/c1-10(2)12-5-7-13(8-6-12)14(11(3)4)9-15(16)17/h5-8,10-11,14H,9H2,1-4H3,(H,16,17). The van der Waals surface area contributed by atoms with Crippen LogP contribution in [-0.2, 0) is 4.79 Å². The highest BCUT2D eigenvalue weighted by molar-refractivity contribution is 5.68. The maximum absolute atomic E-state index is 10.9. The second-order valence-electron chi connectivity index (χ2n) is 5.27. The van der Waals surface area contributed by atoms with Gasteiger partial charge in [-0.3, -0.25) is 4.79 Å². The van der Waals surface area contributed by atoms with Gasteiger partial charge in [0.2, 0.25) is 0 Å². The molecule has 0 saturated carbocycles. The fraction of sp³-hybridized carbons (Fsp3) is 0.533. The summed E-state index contributed by atoms with van der Waals surface area (Å²) in [6.07, 6.45) is 0.207. The number of benzene rings is 1. The lowest BCUT2D eigenvalue weighted by atomic mass is 9.85. The molecule has 1 atom stereocenters. The van der Waals surface area contributed by atoms with Gasteiger partial charge in [-0.1, -0.05) is 52.0 Å². The molecule has 0 aliphatic carbocycles. The van der Waals surface area contributed by atoms with Crippen LogP contribution in [0.25, 0.3) is 0 Å². The van der Waals surface area contributed by atoms with E-state index < -0.39 is 5.97 Å². The lowest BCUT2D eigenvalue weighted by Crippen LogP contribution is -2.12. The van der Waals surface area contributed by atoms with Crippen LogP contribution in [0.15, 0.2) is 24.3 Å². The maximum atomic E-state index is 10.9. The normalized spacial score (nSPS) is 13.1. The van der Waals surface area contributed by atoms with Gasteiger partial charge in [0.15, 0.2) is 0 Å². The van der Waals surface area contributed by atoms with E-state index >= 15 is 0 Å². The van der Waals surface area contributed by atoms with Gasteiger partial charge < -0.3 is 5.11 Å². The summed E-state index contributed by atoms with van der Waals surface area (Å²) in [7, 11) is 0. The van der Waals surface area contributed by atoms with Gasteiger partial charge in [0, 0.05) is 0 Å². The Morgan fingerprint density at radius 2 is 1.53 bits per heavy atom. The fourth-order valence-electron chi connectivity index (χ4n) is 2.05. The largest absolute Gasteiger partial charge is 0.481 e. The monoisotopic (exact) mass is 234 g/mol. The zero-order chi connectivity index (χ0) is 13.0. The highest BCUT2D eigenvalue weighted by Crippen LogP contribution is 2.29. The van der Waals surface area contributed by atoms with Crippen molar-refractivity contribution < 1.29 is 9.90 Å². The number of carbonyl (C=O) groups is 1. The van der Waals surface area contributed by atoms with Crippen molar-refractivity contribution in [1.82, 2.24) is 0 Å². The Labute approximate surface area is 104 Å². The van der Waals surface area contributed by atoms with E-state index in [1.54, 1.807) is 0 Å². The predicted molar refractivity (Wildman–Crippen MR) is 70.4 cm³/mol. The lowest BCUT2D eigenvalue weighted by molar-refractivity contribution is -0.137. The number of hydrogen-bond donors (Lipinski definition) is 1. The molecule has 94 valence electrons. The SMILES string of the molecule is CC(C)c1ccc(C(CC(=O)O)C(C)C)cc1. The third-order valence-electron chi connectivity index (χ3n) is 3.23. The molecule has 0 aliphatic rings. The zero-order valence-corrected chi connectivity index (χ0v) is 11.1. The van der Waals surface area contributed by atoms with Gasteiger partial charge in [0.1, 0.15) is 0 Å². The summed E-state index contributed by atoms with van der Waals surface area (Å²) in [6, 6.07) is 8.36. The second kappa shape index (κ2) is 5.85. The van der Waals surface area contributed by atoms with Gasteiger partial charge in [0.05, 0.1) is 6.42 Å². The van der Waals surface area contributed by atoms with Crippen LogP contribution in [0.1, 0.15) is 57.1 Å². The van der Waals surface area contributed by atoms with E-state index in [1.807, 2.05) is 0 Å². The van der Waals surface area contributed by atoms with Gasteiger partial charge in [-0.25, -0.2) is 0 Å². The quantitative estimate of drug-likeness (QED) is 0.835. The van der Waals surface area contributed by atoms with Crippen LogP contribution in [0, 0.1) is 5.92 Å². The first-order valence-electron chi connectivity index (χ1n) is 6.23. The molecule has 2 heteroatoms. The summed E-state index contributed by atoms with van der Waals surface area (Å²) in [4.78, 5) is 10.9. The Kier molecular flexibility index (Phi) is 4.73. The molecule has 0 fully saturated rings. The molecule has 1 aromatic carbocycles. The molecule has 0 bridgehead atoms. The van der Waals surface area contributed by atoms with Gasteiger partial charge in [-0.2, -0.15) is 0 Å². The average molecular weight is 234 g/mol. The second-order valence-corrected chi connectivity index (χ2v) is 5.27. The summed E-state index contributed by atoms with van der Waals surface area (Å²) in [5.74, 6) is 0.238. The fourth-order valence-corrected chi connectivity index (χ4v) is 2.05. The molecule has 0 spiro atoms.